The summed E-state index contributed by atoms with van der Waals surface area (Å²) in [5.74, 6) is 0.909. The van der Waals surface area contributed by atoms with E-state index in [1.807, 2.05) is 31.2 Å². The molecular formula is C15H22N2O2. The van der Waals surface area contributed by atoms with E-state index in [2.05, 4.69) is 5.32 Å². The summed E-state index contributed by atoms with van der Waals surface area (Å²) in [5, 5.41) is 2.95. The van der Waals surface area contributed by atoms with Gasteiger partial charge in [0.1, 0.15) is 5.75 Å². The topological polar surface area (TPSA) is 64.3 Å². The third-order valence-electron chi connectivity index (χ3n) is 3.04. The summed E-state index contributed by atoms with van der Waals surface area (Å²) in [6, 6.07) is 8.37. The number of rotatable bonds is 7. The van der Waals surface area contributed by atoms with Crippen molar-refractivity contribution >= 4 is 5.91 Å². The molecule has 3 N–H and O–H groups in total. The number of amides is 1. The smallest absolute Gasteiger partial charge is 0.223 e. The molecule has 1 atom stereocenters. The summed E-state index contributed by atoms with van der Waals surface area (Å²) in [6.07, 6.45) is 3.42. The number of carbonyl (C=O) groups is 1. The van der Waals surface area contributed by atoms with Gasteiger partial charge in [0.15, 0.2) is 0 Å². The zero-order chi connectivity index (χ0) is 13.7. The molecular weight excluding hydrogens is 240 g/mol. The van der Waals surface area contributed by atoms with Crippen molar-refractivity contribution in [2.24, 2.45) is 5.73 Å². The predicted molar refractivity (Wildman–Crippen MR) is 75.1 cm³/mol. The summed E-state index contributed by atoms with van der Waals surface area (Å²) in [5.41, 5.74) is 6.91. The highest BCUT2D eigenvalue weighted by molar-refractivity contribution is 5.76. The van der Waals surface area contributed by atoms with Crippen LogP contribution in [-0.2, 0) is 11.2 Å². The molecule has 1 aromatic carbocycles. The molecule has 0 spiro atoms. The molecule has 0 aliphatic heterocycles. The highest BCUT2D eigenvalue weighted by Crippen LogP contribution is 2.20. The van der Waals surface area contributed by atoms with Gasteiger partial charge in [-0.05, 0) is 37.8 Å². The van der Waals surface area contributed by atoms with Crippen molar-refractivity contribution < 1.29 is 9.53 Å². The molecule has 1 amide bonds. The predicted octanol–water partition coefficient (Wildman–Crippen LogP) is 1.62. The highest BCUT2D eigenvalue weighted by atomic mass is 16.5. The van der Waals surface area contributed by atoms with Crippen molar-refractivity contribution in [2.75, 3.05) is 6.61 Å². The van der Waals surface area contributed by atoms with Gasteiger partial charge in [0.05, 0.1) is 13.0 Å². The Hall–Kier alpha value is -1.55. The fourth-order valence-electron chi connectivity index (χ4n) is 1.94. The second-order valence-electron chi connectivity index (χ2n) is 5.23. The van der Waals surface area contributed by atoms with Crippen molar-refractivity contribution in [3.8, 4) is 5.75 Å². The third kappa shape index (κ3) is 4.91. The van der Waals surface area contributed by atoms with Gasteiger partial charge in [-0.2, -0.15) is 0 Å². The number of benzene rings is 1. The van der Waals surface area contributed by atoms with Crippen LogP contribution in [0.2, 0.25) is 0 Å². The van der Waals surface area contributed by atoms with Gasteiger partial charge in [-0.15, -0.1) is 0 Å². The first-order valence-corrected chi connectivity index (χ1v) is 6.91. The van der Waals surface area contributed by atoms with Crippen molar-refractivity contribution in [3.63, 3.8) is 0 Å². The minimum Gasteiger partial charge on any atom is -0.493 e. The molecule has 4 nitrogen and oxygen atoms in total. The molecule has 0 radical (unpaired) electrons. The van der Waals surface area contributed by atoms with Crippen LogP contribution >= 0.6 is 0 Å². The van der Waals surface area contributed by atoms with E-state index < -0.39 is 0 Å². The minimum atomic E-state index is 0.0761. The molecule has 1 fully saturated rings. The van der Waals surface area contributed by atoms with Crippen LogP contribution in [0.1, 0.15) is 31.7 Å². The first kappa shape index (κ1) is 13.9. The molecule has 4 heteroatoms. The van der Waals surface area contributed by atoms with E-state index in [1.54, 1.807) is 0 Å². The average molecular weight is 262 g/mol. The van der Waals surface area contributed by atoms with Crippen LogP contribution in [0.3, 0.4) is 0 Å². The van der Waals surface area contributed by atoms with Crippen molar-refractivity contribution in [2.45, 2.75) is 44.7 Å². The monoisotopic (exact) mass is 262 g/mol. The second kappa shape index (κ2) is 6.57. The zero-order valence-corrected chi connectivity index (χ0v) is 11.4. The Kier molecular flexibility index (Phi) is 4.80. The van der Waals surface area contributed by atoms with Gasteiger partial charge in [0, 0.05) is 12.1 Å². The molecule has 0 heterocycles. The highest BCUT2D eigenvalue weighted by Gasteiger charge is 2.22. The Morgan fingerprint density at radius 1 is 1.47 bits per heavy atom. The van der Waals surface area contributed by atoms with Crippen LogP contribution in [0.15, 0.2) is 24.3 Å². The Labute approximate surface area is 114 Å². The number of hydrogen-bond acceptors (Lipinski definition) is 3. The average Bonchev–Trinajstić information content (AvgIpc) is 3.14. The zero-order valence-electron chi connectivity index (χ0n) is 11.4. The van der Waals surface area contributed by atoms with Gasteiger partial charge < -0.3 is 15.8 Å². The lowest BCUT2D eigenvalue weighted by Crippen LogP contribution is -2.26. The number of ether oxygens (including phenoxy) is 1. The summed E-state index contributed by atoms with van der Waals surface area (Å²) in [4.78, 5) is 11.5. The molecule has 0 aromatic heterocycles. The number of hydrogen-bond donors (Lipinski definition) is 2. The van der Waals surface area contributed by atoms with Crippen molar-refractivity contribution in [1.82, 2.24) is 5.32 Å². The van der Waals surface area contributed by atoms with Gasteiger partial charge in [0.2, 0.25) is 5.91 Å². The first-order valence-electron chi connectivity index (χ1n) is 6.91. The quantitative estimate of drug-likeness (QED) is 0.785. The van der Waals surface area contributed by atoms with Crippen molar-refractivity contribution in [1.29, 1.82) is 0 Å². The largest absolute Gasteiger partial charge is 0.493 e. The summed E-state index contributed by atoms with van der Waals surface area (Å²) < 4.78 is 5.69. The Bertz CT molecular complexity index is 428. The van der Waals surface area contributed by atoms with Gasteiger partial charge >= 0.3 is 0 Å². The molecule has 1 aliphatic carbocycles. The van der Waals surface area contributed by atoms with Gasteiger partial charge in [-0.3, -0.25) is 4.79 Å². The maximum atomic E-state index is 11.5. The Morgan fingerprint density at radius 2 is 2.21 bits per heavy atom. The van der Waals surface area contributed by atoms with Crippen LogP contribution in [0.4, 0.5) is 0 Å². The lowest BCUT2D eigenvalue weighted by molar-refractivity contribution is -0.121. The molecule has 104 valence electrons. The summed E-state index contributed by atoms with van der Waals surface area (Å²) in [7, 11) is 0. The van der Waals surface area contributed by atoms with Gasteiger partial charge in [-0.25, -0.2) is 0 Å². The van der Waals surface area contributed by atoms with E-state index in [1.165, 1.54) is 0 Å². The van der Waals surface area contributed by atoms with E-state index in [-0.39, 0.29) is 11.9 Å². The number of carbonyl (C=O) groups excluding carboxylic acids is 1. The van der Waals surface area contributed by atoms with Crippen LogP contribution < -0.4 is 15.8 Å². The van der Waals surface area contributed by atoms with Gasteiger partial charge in [-0.1, -0.05) is 18.2 Å². The van der Waals surface area contributed by atoms with E-state index >= 15 is 0 Å². The molecule has 1 saturated carbocycles. The normalized spacial score (nSPS) is 15.9. The second-order valence-corrected chi connectivity index (χ2v) is 5.23. The molecule has 2 rings (SSSR count). The standard InChI is InChI=1S/C15H22N2O2/c1-11(16)10-12-4-2-3-5-14(12)19-9-8-15(18)17-13-6-7-13/h2-5,11,13H,6-10,16H2,1H3,(H,17,18). The van der Waals surface area contributed by atoms with Crippen molar-refractivity contribution in [3.05, 3.63) is 29.8 Å². The Morgan fingerprint density at radius 3 is 2.89 bits per heavy atom. The lowest BCUT2D eigenvalue weighted by atomic mass is 10.1. The summed E-state index contributed by atoms with van der Waals surface area (Å²) in [6.45, 7) is 2.38. The maximum Gasteiger partial charge on any atom is 0.223 e. The first-order chi connectivity index (χ1) is 9.15. The third-order valence-corrected chi connectivity index (χ3v) is 3.04. The summed E-state index contributed by atoms with van der Waals surface area (Å²) >= 11 is 0. The number of nitrogens with two attached hydrogens (primary N) is 1. The van der Waals surface area contributed by atoms with E-state index in [9.17, 15) is 4.79 Å². The lowest BCUT2D eigenvalue weighted by Gasteiger charge is -2.12. The van der Waals surface area contributed by atoms with E-state index in [0.29, 0.717) is 19.1 Å². The van der Waals surface area contributed by atoms with Crippen LogP contribution in [0.5, 0.6) is 5.75 Å². The Balaban J connectivity index is 1.79. The van der Waals surface area contributed by atoms with Crippen LogP contribution in [-0.4, -0.2) is 24.6 Å². The van der Waals surface area contributed by atoms with E-state index in [4.69, 9.17) is 10.5 Å². The number of nitrogens with one attached hydrogen (secondary N) is 1. The fraction of sp³-hybridized carbons (Fsp3) is 0.533. The molecule has 19 heavy (non-hydrogen) atoms. The molecule has 1 aliphatic rings. The van der Waals surface area contributed by atoms with Crippen LogP contribution in [0.25, 0.3) is 0 Å². The van der Waals surface area contributed by atoms with E-state index in [0.717, 1.165) is 30.6 Å². The molecule has 1 aromatic rings. The molecule has 1 unspecified atom stereocenters. The SMILES string of the molecule is CC(N)Cc1ccccc1OCCC(=O)NC1CC1. The molecule has 0 bridgehead atoms. The van der Waals surface area contributed by atoms with Crippen LogP contribution in [0, 0.1) is 0 Å². The molecule has 0 saturated heterocycles. The number of para-hydroxylation sites is 1. The fourth-order valence-corrected chi connectivity index (χ4v) is 1.94. The van der Waals surface area contributed by atoms with Gasteiger partial charge in [0.25, 0.3) is 0 Å². The minimum absolute atomic E-state index is 0.0761. The maximum absolute atomic E-state index is 11.5.